The van der Waals surface area contributed by atoms with Crippen LogP contribution in [0, 0.1) is 5.92 Å². The second-order valence-electron chi connectivity index (χ2n) is 4.47. The van der Waals surface area contributed by atoms with Gasteiger partial charge in [-0.3, -0.25) is 0 Å². The van der Waals surface area contributed by atoms with Gasteiger partial charge in [-0.1, -0.05) is 27.2 Å². The number of anilines is 2. The highest BCUT2D eigenvalue weighted by atomic mass is 15.1. The summed E-state index contributed by atoms with van der Waals surface area (Å²) >= 11 is 0. The minimum Gasteiger partial charge on any atom is -0.373 e. The molecule has 0 saturated heterocycles. The molecule has 0 amide bonds. The molecule has 2 atom stereocenters. The van der Waals surface area contributed by atoms with Crippen molar-refractivity contribution in [3.8, 4) is 0 Å². The number of aromatic nitrogens is 2. The van der Waals surface area contributed by atoms with Gasteiger partial charge >= 0.3 is 0 Å². The van der Waals surface area contributed by atoms with Gasteiger partial charge in [0.25, 0.3) is 0 Å². The van der Waals surface area contributed by atoms with E-state index in [0.717, 1.165) is 23.6 Å². The van der Waals surface area contributed by atoms with Gasteiger partial charge in [0.05, 0.1) is 0 Å². The summed E-state index contributed by atoms with van der Waals surface area (Å²) in [7, 11) is 1.89. The third-order valence-corrected chi connectivity index (χ3v) is 3.40. The van der Waals surface area contributed by atoms with E-state index in [-0.39, 0.29) is 0 Å². The molecule has 1 heterocycles. The zero-order valence-corrected chi connectivity index (χ0v) is 11.5. The Hall–Kier alpha value is -1.32. The van der Waals surface area contributed by atoms with Crippen molar-refractivity contribution in [3.63, 3.8) is 0 Å². The van der Waals surface area contributed by atoms with E-state index in [2.05, 4.69) is 48.3 Å². The first kappa shape index (κ1) is 13.7. The maximum Gasteiger partial charge on any atom is 0.134 e. The summed E-state index contributed by atoms with van der Waals surface area (Å²) in [6.07, 6.45) is 3.70. The molecule has 1 rings (SSSR count). The molecule has 0 aliphatic heterocycles. The number of nitrogens with one attached hydrogen (secondary N) is 2. The lowest BCUT2D eigenvalue weighted by molar-refractivity contribution is 0.493. The molecular formula is C13H24N4. The predicted molar refractivity (Wildman–Crippen MR) is 73.5 cm³/mol. The van der Waals surface area contributed by atoms with Crippen molar-refractivity contribution in [2.24, 2.45) is 5.92 Å². The van der Waals surface area contributed by atoms with Crippen LogP contribution < -0.4 is 10.6 Å². The first-order valence-corrected chi connectivity index (χ1v) is 6.42. The second-order valence-corrected chi connectivity index (χ2v) is 4.47. The topological polar surface area (TPSA) is 49.8 Å². The predicted octanol–water partition coefficient (Wildman–Crippen LogP) is 2.93. The lowest BCUT2D eigenvalue weighted by Crippen LogP contribution is -2.24. The Morgan fingerprint density at radius 1 is 1.18 bits per heavy atom. The van der Waals surface area contributed by atoms with Crippen LogP contribution in [0.2, 0.25) is 0 Å². The van der Waals surface area contributed by atoms with Gasteiger partial charge < -0.3 is 10.6 Å². The van der Waals surface area contributed by atoms with Gasteiger partial charge in [0.1, 0.15) is 18.0 Å². The maximum absolute atomic E-state index is 4.35. The van der Waals surface area contributed by atoms with E-state index in [1.807, 2.05) is 7.05 Å². The van der Waals surface area contributed by atoms with Gasteiger partial charge in [-0.05, 0) is 19.3 Å². The summed E-state index contributed by atoms with van der Waals surface area (Å²) in [5.41, 5.74) is 1.16. The van der Waals surface area contributed by atoms with Gasteiger partial charge in [-0.15, -0.1) is 0 Å². The molecule has 1 aromatic heterocycles. The van der Waals surface area contributed by atoms with E-state index >= 15 is 0 Å². The van der Waals surface area contributed by atoms with Gasteiger partial charge in [0.15, 0.2) is 0 Å². The lowest BCUT2D eigenvalue weighted by atomic mass is 10.0. The minimum absolute atomic E-state index is 0.421. The summed E-state index contributed by atoms with van der Waals surface area (Å²) in [5.74, 6) is 2.51. The summed E-state index contributed by atoms with van der Waals surface area (Å²) in [6, 6.07) is 0.421. The summed E-state index contributed by atoms with van der Waals surface area (Å²) in [4.78, 5) is 8.59. The monoisotopic (exact) mass is 236 g/mol. The van der Waals surface area contributed by atoms with Crippen molar-refractivity contribution in [3.05, 3.63) is 11.9 Å². The van der Waals surface area contributed by atoms with Crippen LogP contribution in [-0.2, 0) is 6.42 Å². The van der Waals surface area contributed by atoms with Crippen molar-refractivity contribution in [1.29, 1.82) is 0 Å². The highest BCUT2D eigenvalue weighted by molar-refractivity contribution is 5.57. The molecule has 4 heteroatoms. The Labute approximate surface area is 104 Å². The first-order valence-electron chi connectivity index (χ1n) is 6.42. The normalized spacial score (nSPS) is 14.2. The maximum atomic E-state index is 4.35. The minimum atomic E-state index is 0.421. The highest BCUT2D eigenvalue weighted by Gasteiger charge is 2.14. The Morgan fingerprint density at radius 2 is 1.82 bits per heavy atom. The molecule has 96 valence electrons. The van der Waals surface area contributed by atoms with Crippen molar-refractivity contribution >= 4 is 11.6 Å². The SMILES string of the molecule is CCc1c(NC)ncnc1NC(C)C(C)CC. The number of rotatable bonds is 6. The summed E-state index contributed by atoms with van der Waals surface area (Å²) < 4.78 is 0. The highest BCUT2D eigenvalue weighted by Crippen LogP contribution is 2.22. The molecule has 2 unspecified atom stereocenters. The lowest BCUT2D eigenvalue weighted by Gasteiger charge is -2.22. The Balaban J connectivity index is 2.90. The molecule has 0 spiro atoms. The van der Waals surface area contributed by atoms with Crippen molar-refractivity contribution in [2.45, 2.75) is 46.6 Å². The molecule has 0 aliphatic rings. The largest absolute Gasteiger partial charge is 0.373 e. The van der Waals surface area contributed by atoms with Crippen molar-refractivity contribution < 1.29 is 0 Å². The van der Waals surface area contributed by atoms with Crippen molar-refractivity contribution in [1.82, 2.24) is 9.97 Å². The molecule has 0 aromatic carbocycles. The molecular weight excluding hydrogens is 212 g/mol. The molecule has 17 heavy (non-hydrogen) atoms. The van der Waals surface area contributed by atoms with E-state index in [4.69, 9.17) is 0 Å². The zero-order valence-electron chi connectivity index (χ0n) is 11.5. The second kappa shape index (κ2) is 6.42. The fourth-order valence-corrected chi connectivity index (χ4v) is 1.80. The molecule has 4 nitrogen and oxygen atoms in total. The van der Waals surface area contributed by atoms with Crippen molar-refractivity contribution in [2.75, 3.05) is 17.7 Å². The van der Waals surface area contributed by atoms with E-state index in [1.165, 1.54) is 6.42 Å². The fourth-order valence-electron chi connectivity index (χ4n) is 1.80. The van der Waals surface area contributed by atoms with E-state index < -0.39 is 0 Å². The van der Waals surface area contributed by atoms with Crippen LogP contribution in [0.15, 0.2) is 6.33 Å². The first-order chi connectivity index (χ1) is 8.13. The van der Waals surface area contributed by atoms with Gasteiger partial charge in [0, 0.05) is 18.7 Å². The average molecular weight is 236 g/mol. The van der Waals surface area contributed by atoms with Crippen LogP contribution in [0.5, 0.6) is 0 Å². The van der Waals surface area contributed by atoms with Crippen LogP contribution >= 0.6 is 0 Å². The summed E-state index contributed by atoms with van der Waals surface area (Å²) in [5, 5.41) is 6.61. The van der Waals surface area contributed by atoms with Gasteiger partial charge in [-0.25, -0.2) is 9.97 Å². The fraction of sp³-hybridized carbons (Fsp3) is 0.692. The molecule has 0 fully saturated rings. The number of hydrogen-bond donors (Lipinski definition) is 2. The van der Waals surface area contributed by atoms with E-state index in [0.29, 0.717) is 12.0 Å². The molecule has 0 radical (unpaired) electrons. The summed E-state index contributed by atoms with van der Waals surface area (Å²) in [6.45, 7) is 8.79. The molecule has 2 N–H and O–H groups in total. The van der Waals surface area contributed by atoms with Crippen LogP contribution in [0.1, 0.15) is 39.7 Å². The van der Waals surface area contributed by atoms with Gasteiger partial charge in [0.2, 0.25) is 0 Å². The third-order valence-electron chi connectivity index (χ3n) is 3.40. The van der Waals surface area contributed by atoms with Crippen LogP contribution in [0.25, 0.3) is 0 Å². The molecule has 1 aromatic rings. The zero-order chi connectivity index (χ0) is 12.8. The van der Waals surface area contributed by atoms with Gasteiger partial charge in [-0.2, -0.15) is 0 Å². The number of hydrogen-bond acceptors (Lipinski definition) is 4. The Morgan fingerprint density at radius 3 is 2.35 bits per heavy atom. The van der Waals surface area contributed by atoms with E-state index in [1.54, 1.807) is 6.33 Å². The third kappa shape index (κ3) is 3.32. The molecule has 0 bridgehead atoms. The number of nitrogens with zero attached hydrogens (tertiary/aromatic N) is 2. The van der Waals surface area contributed by atoms with Crippen LogP contribution in [0.4, 0.5) is 11.6 Å². The average Bonchev–Trinajstić information content (AvgIpc) is 2.37. The molecule has 0 aliphatic carbocycles. The van der Waals surface area contributed by atoms with E-state index in [9.17, 15) is 0 Å². The van der Waals surface area contributed by atoms with Crippen LogP contribution in [0.3, 0.4) is 0 Å². The smallest absolute Gasteiger partial charge is 0.134 e. The molecule has 0 saturated carbocycles. The standard InChI is InChI=1S/C13H24N4/c1-6-9(3)10(4)17-13-11(7-2)12(14-5)15-8-16-13/h8-10H,6-7H2,1-5H3,(H2,14,15,16,17). The Bertz CT molecular complexity index is 351. The van der Waals surface area contributed by atoms with Crippen LogP contribution in [-0.4, -0.2) is 23.1 Å². The Kier molecular flexibility index (Phi) is 5.19. The quantitative estimate of drug-likeness (QED) is 0.797.